The fourth-order valence-electron chi connectivity index (χ4n) is 2.69. The topological polar surface area (TPSA) is 54.9 Å². The van der Waals surface area contributed by atoms with Crippen molar-refractivity contribution in [2.24, 2.45) is 0 Å². The van der Waals surface area contributed by atoms with E-state index in [0.29, 0.717) is 11.9 Å². The molecular formula is C13H14N2O2. The molecule has 3 rings (SSSR count). The number of hydrogen-bond donors (Lipinski definition) is 1. The van der Waals surface area contributed by atoms with Gasteiger partial charge in [-0.3, -0.25) is 9.59 Å². The molecule has 2 aromatic rings. The van der Waals surface area contributed by atoms with E-state index in [9.17, 15) is 9.59 Å². The van der Waals surface area contributed by atoms with Crippen LogP contribution in [-0.4, -0.2) is 9.55 Å². The zero-order valence-corrected chi connectivity index (χ0v) is 9.75. The molecule has 1 aliphatic carbocycles. The monoisotopic (exact) mass is 230 g/mol. The Labute approximate surface area is 97.9 Å². The van der Waals surface area contributed by atoms with E-state index in [1.54, 1.807) is 10.8 Å². The Morgan fingerprint density at radius 2 is 2.00 bits per heavy atom. The number of pyridine rings is 2. The first kappa shape index (κ1) is 10.3. The summed E-state index contributed by atoms with van der Waals surface area (Å²) in [4.78, 5) is 26.7. The van der Waals surface area contributed by atoms with Crippen molar-refractivity contribution in [2.45, 2.75) is 32.7 Å². The normalized spacial score (nSPS) is 14.2. The van der Waals surface area contributed by atoms with Crippen LogP contribution in [0.5, 0.6) is 0 Å². The summed E-state index contributed by atoms with van der Waals surface area (Å²) < 4.78 is 1.63. The molecule has 0 fully saturated rings. The van der Waals surface area contributed by atoms with Crippen LogP contribution >= 0.6 is 0 Å². The van der Waals surface area contributed by atoms with Gasteiger partial charge in [0.25, 0.3) is 11.1 Å². The predicted molar refractivity (Wildman–Crippen MR) is 66.5 cm³/mol. The number of aromatic amines is 1. The lowest BCUT2D eigenvalue weighted by atomic mass is 9.92. The number of rotatable bonds is 1. The van der Waals surface area contributed by atoms with Gasteiger partial charge in [-0.05, 0) is 37.3 Å². The number of nitrogens with zero attached hydrogens (tertiary/aromatic N) is 1. The van der Waals surface area contributed by atoms with Gasteiger partial charge in [0.2, 0.25) is 0 Å². The van der Waals surface area contributed by atoms with E-state index in [4.69, 9.17) is 0 Å². The van der Waals surface area contributed by atoms with Crippen molar-refractivity contribution in [3.63, 3.8) is 0 Å². The molecule has 0 bridgehead atoms. The Morgan fingerprint density at radius 1 is 1.24 bits per heavy atom. The van der Waals surface area contributed by atoms with Gasteiger partial charge in [0.1, 0.15) is 5.39 Å². The van der Waals surface area contributed by atoms with E-state index in [2.05, 4.69) is 4.98 Å². The maximum atomic E-state index is 12.2. The first-order valence-corrected chi connectivity index (χ1v) is 5.99. The Balaban J connectivity index is 2.59. The molecule has 17 heavy (non-hydrogen) atoms. The summed E-state index contributed by atoms with van der Waals surface area (Å²) in [6.07, 6.45) is 6.63. The molecular weight excluding hydrogens is 216 g/mol. The summed E-state index contributed by atoms with van der Waals surface area (Å²) in [5.74, 6) is 0. The molecule has 0 amide bonds. The van der Waals surface area contributed by atoms with Gasteiger partial charge in [-0.2, -0.15) is 0 Å². The summed E-state index contributed by atoms with van der Waals surface area (Å²) in [6.45, 7) is 2.52. The number of nitrogens with one attached hydrogen (secondary N) is 1. The van der Waals surface area contributed by atoms with E-state index >= 15 is 0 Å². The third-order valence-electron chi connectivity index (χ3n) is 3.52. The van der Waals surface area contributed by atoms with Gasteiger partial charge in [0.05, 0.1) is 0 Å². The molecule has 0 aromatic carbocycles. The highest BCUT2D eigenvalue weighted by Gasteiger charge is 2.18. The van der Waals surface area contributed by atoms with Crippen LogP contribution in [0.15, 0.2) is 22.0 Å². The van der Waals surface area contributed by atoms with Crippen LogP contribution in [0.3, 0.4) is 0 Å². The second-order valence-electron chi connectivity index (χ2n) is 4.49. The van der Waals surface area contributed by atoms with Crippen molar-refractivity contribution in [2.75, 3.05) is 0 Å². The van der Waals surface area contributed by atoms with Crippen LogP contribution in [0.25, 0.3) is 10.8 Å². The molecule has 2 heterocycles. The number of aromatic nitrogens is 2. The highest BCUT2D eigenvalue weighted by Crippen LogP contribution is 2.25. The third-order valence-corrected chi connectivity index (χ3v) is 3.52. The lowest BCUT2D eigenvalue weighted by Gasteiger charge is -2.17. The fraction of sp³-hybridized carbons (Fsp3) is 0.385. The van der Waals surface area contributed by atoms with Gasteiger partial charge >= 0.3 is 0 Å². The van der Waals surface area contributed by atoms with Crippen LogP contribution in [-0.2, 0) is 19.4 Å². The average Bonchev–Trinajstić information content (AvgIpc) is 2.35. The van der Waals surface area contributed by atoms with Crippen molar-refractivity contribution in [3.05, 3.63) is 44.2 Å². The van der Waals surface area contributed by atoms with Gasteiger partial charge in [-0.1, -0.05) is 0 Å². The van der Waals surface area contributed by atoms with Gasteiger partial charge in [0.15, 0.2) is 0 Å². The molecule has 1 N–H and O–H groups in total. The van der Waals surface area contributed by atoms with E-state index < -0.39 is 0 Å². The van der Waals surface area contributed by atoms with Crippen molar-refractivity contribution < 1.29 is 0 Å². The highest BCUT2D eigenvalue weighted by atomic mass is 16.1. The van der Waals surface area contributed by atoms with Crippen molar-refractivity contribution >= 4 is 10.8 Å². The first-order valence-electron chi connectivity index (χ1n) is 5.99. The second kappa shape index (κ2) is 3.58. The zero-order valence-electron chi connectivity index (χ0n) is 9.75. The SMILES string of the molecule is CCn1cc2c3c(c[nH]c(=O)c3c1=O)CCC2. The molecule has 0 aliphatic heterocycles. The van der Waals surface area contributed by atoms with Crippen molar-refractivity contribution in [1.29, 1.82) is 0 Å². The molecule has 0 radical (unpaired) electrons. The highest BCUT2D eigenvalue weighted by molar-refractivity contribution is 5.87. The van der Waals surface area contributed by atoms with Crippen LogP contribution < -0.4 is 11.1 Å². The van der Waals surface area contributed by atoms with E-state index in [0.717, 1.165) is 35.8 Å². The standard InChI is InChI=1S/C13H14N2O2/c1-2-15-7-9-5-3-4-8-6-14-12(16)11(10(8)9)13(15)17/h6-7H,2-5H2,1H3,(H,14,16). The predicted octanol–water partition coefficient (Wildman–Crippen LogP) is 1.20. The quantitative estimate of drug-likeness (QED) is 0.800. The number of hydrogen-bond acceptors (Lipinski definition) is 2. The van der Waals surface area contributed by atoms with E-state index in [1.165, 1.54) is 0 Å². The van der Waals surface area contributed by atoms with E-state index in [-0.39, 0.29) is 11.1 Å². The molecule has 0 unspecified atom stereocenters. The zero-order chi connectivity index (χ0) is 12.0. The third kappa shape index (κ3) is 1.37. The molecule has 0 spiro atoms. The first-order chi connectivity index (χ1) is 8.22. The summed E-state index contributed by atoms with van der Waals surface area (Å²) >= 11 is 0. The van der Waals surface area contributed by atoms with Gasteiger partial charge in [-0.15, -0.1) is 0 Å². The van der Waals surface area contributed by atoms with Crippen LogP contribution in [0.1, 0.15) is 24.5 Å². The largest absolute Gasteiger partial charge is 0.328 e. The van der Waals surface area contributed by atoms with E-state index in [1.807, 2.05) is 13.1 Å². The Kier molecular flexibility index (Phi) is 2.18. The summed E-state index contributed by atoms with van der Waals surface area (Å²) in [6, 6.07) is 0. The number of H-pyrrole nitrogens is 1. The Morgan fingerprint density at radius 3 is 2.76 bits per heavy atom. The summed E-state index contributed by atoms with van der Waals surface area (Å²) in [5.41, 5.74) is 1.80. The molecule has 0 atom stereocenters. The molecule has 4 heteroatoms. The minimum Gasteiger partial charge on any atom is -0.328 e. The van der Waals surface area contributed by atoms with Crippen molar-refractivity contribution in [1.82, 2.24) is 9.55 Å². The Bertz CT molecular complexity index is 710. The van der Waals surface area contributed by atoms with Gasteiger partial charge in [-0.25, -0.2) is 0 Å². The average molecular weight is 230 g/mol. The number of aryl methyl sites for hydroxylation is 3. The minimum absolute atomic E-state index is 0.170. The summed E-state index contributed by atoms with van der Waals surface area (Å²) in [5, 5.41) is 1.23. The smallest absolute Gasteiger partial charge is 0.264 e. The lowest BCUT2D eigenvalue weighted by Crippen LogP contribution is -2.27. The maximum Gasteiger partial charge on any atom is 0.264 e. The molecule has 0 saturated carbocycles. The molecule has 0 saturated heterocycles. The maximum absolute atomic E-state index is 12.2. The minimum atomic E-state index is -0.264. The van der Waals surface area contributed by atoms with Crippen LogP contribution in [0.4, 0.5) is 0 Å². The van der Waals surface area contributed by atoms with Gasteiger partial charge < -0.3 is 9.55 Å². The van der Waals surface area contributed by atoms with Gasteiger partial charge in [0, 0.05) is 24.3 Å². The second-order valence-corrected chi connectivity index (χ2v) is 4.49. The van der Waals surface area contributed by atoms with Crippen LogP contribution in [0.2, 0.25) is 0 Å². The Hall–Kier alpha value is -1.84. The lowest BCUT2D eigenvalue weighted by molar-refractivity contribution is 0.710. The van der Waals surface area contributed by atoms with Crippen LogP contribution in [0, 0.1) is 0 Å². The molecule has 88 valence electrons. The fourth-order valence-corrected chi connectivity index (χ4v) is 2.69. The molecule has 2 aromatic heterocycles. The van der Waals surface area contributed by atoms with Crippen molar-refractivity contribution in [3.8, 4) is 0 Å². The summed E-state index contributed by atoms with van der Waals surface area (Å²) in [7, 11) is 0. The molecule has 1 aliphatic rings. The molecule has 4 nitrogen and oxygen atoms in total.